The molecule has 0 bridgehead atoms. The topological polar surface area (TPSA) is 69.6 Å². The molecule has 0 aliphatic rings. The first-order chi connectivity index (χ1) is 9.88. The van der Waals surface area contributed by atoms with Gasteiger partial charge < -0.3 is 15.4 Å². The Morgan fingerprint density at radius 2 is 1.81 bits per heavy atom. The van der Waals surface area contributed by atoms with Gasteiger partial charge in [0.1, 0.15) is 5.82 Å². The molecule has 0 aliphatic carbocycles. The summed E-state index contributed by atoms with van der Waals surface area (Å²) in [4.78, 5) is 12.0. The van der Waals surface area contributed by atoms with E-state index in [0.29, 0.717) is 5.69 Å². The van der Waals surface area contributed by atoms with Crippen molar-refractivity contribution >= 4 is 47.4 Å². The average Bonchev–Trinajstić information content (AvgIpc) is 2.42. The Balaban J connectivity index is 2.20. The summed E-state index contributed by atoms with van der Waals surface area (Å²) in [6, 6.07) is 7.81. The van der Waals surface area contributed by atoms with Crippen molar-refractivity contribution in [1.29, 1.82) is 0 Å². The SMILES string of the molecule is O=C(Nc1ccc(F)c(Cl)c1)c1ccc(B(O)O)c(Cl)c1. The standard InChI is InChI=1S/C13H9BCl2FNO3/c15-10-5-7(1-3-9(10)14(20)21)13(19)18-8-2-4-12(17)11(16)6-8/h1-6,20-21H,(H,18,19). The van der Waals surface area contributed by atoms with E-state index in [4.69, 9.17) is 33.2 Å². The van der Waals surface area contributed by atoms with Gasteiger partial charge in [0.2, 0.25) is 0 Å². The monoisotopic (exact) mass is 327 g/mol. The summed E-state index contributed by atoms with van der Waals surface area (Å²) in [6.07, 6.45) is 0. The van der Waals surface area contributed by atoms with Crippen LogP contribution in [0, 0.1) is 5.82 Å². The summed E-state index contributed by atoms with van der Waals surface area (Å²) in [7, 11) is -1.72. The Labute approximate surface area is 130 Å². The molecule has 2 aromatic carbocycles. The number of anilines is 1. The minimum Gasteiger partial charge on any atom is -0.423 e. The third-order valence-corrected chi connectivity index (χ3v) is 3.34. The van der Waals surface area contributed by atoms with Crippen LogP contribution in [0.1, 0.15) is 10.4 Å². The molecule has 0 unspecified atom stereocenters. The van der Waals surface area contributed by atoms with Crippen molar-refractivity contribution in [2.45, 2.75) is 0 Å². The quantitative estimate of drug-likeness (QED) is 0.756. The molecule has 0 radical (unpaired) electrons. The molecule has 1 amide bonds. The molecule has 8 heteroatoms. The average molecular weight is 328 g/mol. The van der Waals surface area contributed by atoms with Crippen LogP contribution >= 0.6 is 23.2 Å². The van der Waals surface area contributed by atoms with Crippen LogP contribution in [0.4, 0.5) is 10.1 Å². The largest absolute Gasteiger partial charge is 0.489 e. The van der Waals surface area contributed by atoms with Gasteiger partial charge in [-0.2, -0.15) is 0 Å². The number of halogens is 3. The van der Waals surface area contributed by atoms with Crippen LogP contribution in [0.5, 0.6) is 0 Å². The second-order valence-electron chi connectivity index (χ2n) is 4.19. The van der Waals surface area contributed by atoms with E-state index in [1.165, 1.54) is 30.3 Å². The number of amides is 1. The van der Waals surface area contributed by atoms with Crippen LogP contribution in [-0.2, 0) is 0 Å². The molecule has 21 heavy (non-hydrogen) atoms. The van der Waals surface area contributed by atoms with E-state index in [0.717, 1.165) is 6.07 Å². The molecular formula is C13H9BCl2FNO3. The van der Waals surface area contributed by atoms with Crippen molar-refractivity contribution in [3.05, 3.63) is 57.8 Å². The van der Waals surface area contributed by atoms with Crippen molar-refractivity contribution in [2.24, 2.45) is 0 Å². The maximum absolute atomic E-state index is 13.0. The van der Waals surface area contributed by atoms with Crippen LogP contribution < -0.4 is 10.8 Å². The molecule has 108 valence electrons. The van der Waals surface area contributed by atoms with Gasteiger partial charge in [-0.3, -0.25) is 4.79 Å². The first kappa shape index (κ1) is 15.8. The van der Waals surface area contributed by atoms with E-state index in [1.54, 1.807) is 0 Å². The summed E-state index contributed by atoms with van der Waals surface area (Å²) < 4.78 is 13.0. The maximum Gasteiger partial charge on any atom is 0.489 e. The third-order valence-electron chi connectivity index (χ3n) is 2.72. The molecule has 0 aromatic heterocycles. The van der Waals surface area contributed by atoms with E-state index in [-0.39, 0.29) is 21.1 Å². The summed E-state index contributed by atoms with van der Waals surface area (Å²) in [5.74, 6) is -1.07. The van der Waals surface area contributed by atoms with Crippen molar-refractivity contribution in [2.75, 3.05) is 5.32 Å². The highest BCUT2D eigenvalue weighted by molar-refractivity contribution is 6.62. The molecule has 0 fully saturated rings. The normalized spacial score (nSPS) is 10.3. The number of benzene rings is 2. The second-order valence-corrected chi connectivity index (χ2v) is 5.01. The Morgan fingerprint density at radius 1 is 1.10 bits per heavy atom. The van der Waals surface area contributed by atoms with Gasteiger partial charge in [0.05, 0.1) is 5.02 Å². The van der Waals surface area contributed by atoms with Gasteiger partial charge in [0.15, 0.2) is 0 Å². The lowest BCUT2D eigenvalue weighted by Crippen LogP contribution is -2.31. The number of carbonyl (C=O) groups is 1. The van der Waals surface area contributed by atoms with Gasteiger partial charge in [-0.1, -0.05) is 29.3 Å². The van der Waals surface area contributed by atoms with E-state index in [1.807, 2.05) is 0 Å². The predicted octanol–water partition coefficient (Wildman–Crippen LogP) is 2.06. The fourth-order valence-electron chi connectivity index (χ4n) is 1.65. The van der Waals surface area contributed by atoms with E-state index < -0.39 is 18.8 Å². The zero-order valence-corrected chi connectivity index (χ0v) is 12.0. The van der Waals surface area contributed by atoms with Gasteiger partial charge in [-0.05, 0) is 30.3 Å². The number of nitrogens with one attached hydrogen (secondary N) is 1. The number of hydrogen-bond donors (Lipinski definition) is 3. The highest BCUT2D eigenvalue weighted by Gasteiger charge is 2.17. The summed E-state index contributed by atoms with van der Waals surface area (Å²) in [6.45, 7) is 0. The minimum atomic E-state index is -1.72. The summed E-state index contributed by atoms with van der Waals surface area (Å²) >= 11 is 11.5. The molecule has 2 aromatic rings. The zero-order chi connectivity index (χ0) is 15.6. The second kappa shape index (κ2) is 6.45. The molecule has 3 N–H and O–H groups in total. The third kappa shape index (κ3) is 3.74. The first-order valence-corrected chi connectivity index (χ1v) is 6.56. The van der Waals surface area contributed by atoms with Crippen LogP contribution in [0.2, 0.25) is 10.0 Å². The van der Waals surface area contributed by atoms with Crippen LogP contribution in [0.15, 0.2) is 36.4 Å². The van der Waals surface area contributed by atoms with Crippen molar-refractivity contribution < 1.29 is 19.2 Å². The maximum atomic E-state index is 13.0. The van der Waals surface area contributed by atoms with Crippen molar-refractivity contribution in [1.82, 2.24) is 0 Å². The summed E-state index contributed by atoms with van der Waals surface area (Å²) in [5.41, 5.74) is 0.636. The van der Waals surface area contributed by atoms with Crippen LogP contribution in [0.25, 0.3) is 0 Å². The highest BCUT2D eigenvalue weighted by Crippen LogP contribution is 2.20. The van der Waals surface area contributed by atoms with Gasteiger partial charge in [0, 0.05) is 21.7 Å². The van der Waals surface area contributed by atoms with Crippen LogP contribution in [-0.4, -0.2) is 23.1 Å². The van der Waals surface area contributed by atoms with E-state index in [9.17, 15) is 9.18 Å². The smallest absolute Gasteiger partial charge is 0.423 e. The molecule has 0 saturated heterocycles. The molecule has 4 nitrogen and oxygen atoms in total. The Morgan fingerprint density at radius 3 is 2.38 bits per heavy atom. The van der Waals surface area contributed by atoms with Crippen molar-refractivity contribution in [3.63, 3.8) is 0 Å². The zero-order valence-electron chi connectivity index (χ0n) is 10.5. The lowest BCUT2D eigenvalue weighted by molar-refractivity contribution is 0.102. The van der Waals surface area contributed by atoms with Gasteiger partial charge in [0.25, 0.3) is 5.91 Å². The Hall–Kier alpha value is -1.60. The van der Waals surface area contributed by atoms with Crippen molar-refractivity contribution in [3.8, 4) is 0 Å². The fourth-order valence-corrected chi connectivity index (χ4v) is 2.11. The molecule has 0 saturated carbocycles. The number of rotatable bonds is 3. The predicted molar refractivity (Wildman–Crippen MR) is 80.6 cm³/mol. The van der Waals surface area contributed by atoms with E-state index >= 15 is 0 Å². The molecular weight excluding hydrogens is 319 g/mol. The molecule has 0 spiro atoms. The lowest BCUT2D eigenvalue weighted by atomic mass is 9.80. The summed E-state index contributed by atoms with van der Waals surface area (Å²) in [5, 5.41) is 20.6. The van der Waals surface area contributed by atoms with Gasteiger partial charge >= 0.3 is 7.12 Å². The first-order valence-electron chi connectivity index (χ1n) is 5.80. The van der Waals surface area contributed by atoms with Crippen LogP contribution in [0.3, 0.4) is 0 Å². The molecule has 0 atom stereocenters. The number of hydrogen-bond acceptors (Lipinski definition) is 3. The molecule has 0 aliphatic heterocycles. The highest BCUT2D eigenvalue weighted by atomic mass is 35.5. The lowest BCUT2D eigenvalue weighted by Gasteiger charge is -2.08. The molecule has 2 rings (SSSR count). The Kier molecular flexibility index (Phi) is 4.85. The molecule has 0 heterocycles. The van der Waals surface area contributed by atoms with Gasteiger partial charge in [-0.15, -0.1) is 0 Å². The Bertz CT molecular complexity index is 697. The van der Waals surface area contributed by atoms with E-state index in [2.05, 4.69) is 5.32 Å². The minimum absolute atomic E-state index is 0.0507. The fraction of sp³-hybridized carbons (Fsp3) is 0. The van der Waals surface area contributed by atoms with Gasteiger partial charge in [-0.25, -0.2) is 4.39 Å². The number of carbonyl (C=O) groups excluding carboxylic acids is 1.